The summed E-state index contributed by atoms with van der Waals surface area (Å²) in [5.74, 6) is -0.268. The van der Waals surface area contributed by atoms with E-state index in [1.807, 2.05) is 0 Å². The quantitative estimate of drug-likeness (QED) is 0.752. The van der Waals surface area contributed by atoms with Crippen molar-refractivity contribution in [2.75, 3.05) is 38.1 Å². The monoisotopic (exact) mass is 398 g/mol. The summed E-state index contributed by atoms with van der Waals surface area (Å²) in [5.41, 5.74) is 1.52. The van der Waals surface area contributed by atoms with Gasteiger partial charge in [0.05, 0.1) is 38.5 Å². The van der Waals surface area contributed by atoms with Gasteiger partial charge in [-0.05, 0) is 36.4 Å². The summed E-state index contributed by atoms with van der Waals surface area (Å²) in [7, 11) is 4.37. The standard InChI is InChI=1S/C21H22N2O6/c1-27-16-8-9-17(18(11-16)28-2)23-12-14(10-19(23)24)20(25)22-15-6-4-13(5-7-15)21(26)29-3/h4-9,11,14H,10,12H2,1-3H3,(H,22,25)/t14-/m0/s1. The fourth-order valence-electron chi connectivity index (χ4n) is 3.18. The van der Waals surface area contributed by atoms with Gasteiger partial charge in [0, 0.05) is 24.7 Å². The third-order valence-corrected chi connectivity index (χ3v) is 4.75. The molecule has 1 saturated heterocycles. The minimum Gasteiger partial charge on any atom is -0.497 e. The van der Waals surface area contributed by atoms with Gasteiger partial charge >= 0.3 is 5.97 Å². The van der Waals surface area contributed by atoms with Crippen LogP contribution in [0.25, 0.3) is 0 Å². The van der Waals surface area contributed by atoms with E-state index < -0.39 is 11.9 Å². The number of rotatable bonds is 6. The van der Waals surface area contributed by atoms with Gasteiger partial charge in [0.2, 0.25) is 11.8 Å². The van der Waals surface area contributed by atoms with Crippen LogP contribution in [0.3, 0.4) is 0 Å². The number of nitrogens with one attached hydrogen (secondary N) is 1. The Morgan fingerprint density at radius 3 is 2.38 bits per heavy atom. The molecule has 8 nitrogen and oxygen atoms in total. The summed E-state index contributed by atoms with van der Waals surface area (Å²) in [6, 6.07) is 11.5. The number of anilines is 2. The summed E-state index contributed by atoms with van der Waals surface area (Å²) in [6.07, 6.45) is 0.0985. The van der Waals surface area contributed by atoms with E-state index in [-0.39, 0.29) is 24.8 Å². The molecule has 0 bridgehead atoms. The van der Waals surface area contributed by atoms with Crippen molar-refractivity contribution in [3.63, 3.8) is 0 Å². The molecule has 0 unspecified atom stereocenters. The summed E-state index contributed by atoms with van der Waals surface area (Å²) in [4.78, 5) is 38.2. The molecular formula is C21H22N2O6. The first-order chi connectivity index (χ1) is 14.0. The highest BCUT2D eigenvalue weighted by atomic mass is 16.5. The second kappa shape index (κ2) is 8.64. The maximum Gasteiger partial charge on any atom is 0.337 e. The lowest BCUT2D eigenvalue weighted by Gasteiger charge is -2.20. The number of benzene rings is 2. The van der Waals surface area contributed by atoms with Crippen LogP contribution in [0, 0.1) is 5.92 Å². The maximum absolute atomic E-state index is 12.6. The van der Waals surface area contributed by atoms with Gasteiger partial charge in [-0.25, -0.2) is 4.79 Å². The number of carbonyl (C=O) groups is 3. The van der Waals surface area contributed by atoms with Crippen molar-refractivity contribution in [2.24, 2.45) is 5.92 Å². The minimum absolute atomic E-state index is 0.0985. The molecule has 0 spiro atoms. The zero-order valence-corrected chi connectivity index (χ0v) is 16.4. The lowest BCUT2D eigenvalue weighted by Crippen LogP contribution is -2.28. The fourth-order valence-corrected chi connectivity index (χ4v) is 3.18. The van der Waals surface area contributed by atoms with Crippen LogP contribution in [0.15, 0.2) is 42.5 Å². The molecule has 0 saturated carbocycles. The molecule has 1 heterocycles. The molecule has 2 aromatic carbocycles. The summed E-state index contributed by atoms with van der Waals surface area (Å²) < 4.78 is 15.2. The lowest BCUT2D eigenvalue weighted by atomic mass is 10.1. The topological polar surface area (TPSA) is 94.2 Å². The van der Waals surface area contributed by atoms with Gasteiger partial charge in [0.25, 0.3) is 0 Å². The average molecular weight is 398 g/mol. The van der Waals surface area contributed by atoms with Crippen LogP contribution < -0.4 is 19.7 Å². The van der Waals surface area contributed by atoms with Gasteiger partial charge in [-0.3, -0.25) is 9.59 Å². The summed E-state index contributed by atoms with van der Waals surface area (Å²) in [5, 5.41) is 2.79. The Morgan fingerprint density at radius 1 is 1.03 bits per heavy atom. The SMILES string of the molecule is COC(=O)c1ccc(NC(=O)[C@H]2CC(=O)N(c3ccc(OC)cc3OC)C2)cc1. The number of methoxy groups -OCH3 is 3. The van der Waals surface area contributed by atoms with E-state index in [1.165, 1.54) is 14.2 Å². The van der Waals surface area contributed by atoms with Crippen LogP contribution in [0.4, 0.5) is 11.4 Å². The Bertz CT molecular complexity index is 925. The van der Waals surface area contributed by atoms with Crippen LogP contribution >= 0.6 is 0 Å². The zero-order chi connectivity index (χ0) is 21.0. The first-order valence-corrected chi connectivity index (χ1v) is 8.98. The third kappa shape index (κ3) is 4.31. The molecule has 1 atom stereocenters. The van der Waals surface area contributed by atoms with Crippen LogP contribution in [-0.2, 0) is 14.3 Å². The van der Waals surface area contributed by atoms with Gasteiger partial charge in [0.1, 0.15) is 11.5 Å². The second-order valence-electron chi connectivity index (χ2n) is 6.50. The molecule has 0 radical (unpaired) electrons. The molecule has 1 fully saturated rings. The van der Waals surface area contributed by atoms with Crippen LogP contribution in [0.1, 0.15) is 16.8 Å². The highest BCUT2D eigenvalue weighted by Gasteiger charge is 2.36. The fraction of sp³-hybridized carbons (Fsp3) is 0.286. The zero-order valence-electron chi connectivity index (χ0n) is 16.4. The normalized spacial score (nSPS) is 15.8. The molecule has 1 aliphatic rings. The molecule has 3 rings (SSSR count). The molecule has 8 heteroatoms. The van der Waals surface area contributed by atoms with Gasteiger partial charge in [0.15, 0.2) is 0 Å². The molecule has 1 N–H and O–H groups in total. The van der Waals surface area contributed by atoms with Crippen molar-refractivity contribution >= 4 is 29.2 Å². The van der Waals surface area contributed by atoms with E-state index in [0.29, 0.717) is 28.4 Å². The third-order valence-electron chi connectivity index (χ3n) is 4.75. The highest BCUT2D eigenvalue weighted by molar-refractivity contribution is 6.04. The predicted molar refractivity (Wildman–Crippen MR) is 106 cm³/mol. The molecule has 0 aromatic heterocycles. The number of ether oxygens (including phenoxy) is 3. The van der Waals surface area contributed by atoms with Crippen LogP contribution in [0.2, 0.25) is 0 Å². The smallest absolute Gasteiger partial charge is 0.337 e. The molecule has 0 aliphatic carbocycles. The Labute approximate surface area is 168 Å². The Kier molecular flexibility index (Phi) is 6.01. The Hall–Kier alpha value is -3.55. The van der Waals surface area contributed by atoms with Gasteiger partial charge in [-0.15, -0.1) is 0 Å². The second-order valence-corrected chi connectivity index (χ2v) is 6.50. The summed E-state index contributed by atoms with van der Waals surface area (Å²) >= 11 is 0. The average Bonchev–Trinajstić information content (AvgIpc) is 3.14. The van der Waals surface area contributed by atoms with Crippen molar-refractivity contribution in [2.45, 2.75) is 6.42 Å². The number of hydrogen-bond acceptors (Lipinski definition) is 6. The van der Waals surface area contributed by atoms with Gasteiger partial charge in [-0.2, -0.15) is 0 Å². The lowest BCUT2D eigenvalue weighted by molar-refractivity contribution is -0.122. The number of hydrogen-bond donors (Lipinski definition) is 1. The maximum atomic E-state index is 12.6. The number of esters is 1. The van der Waals surface area contributed by atoms with E-state index in [1.54, 1.807) is 54.5 Å². The number of carbonyl (C=O) groups excluding carboxylic acids is 3. The Morgan fingerprint density at radius 2 is 1.76 bits per heavy atom. The number of nitrogens with zero attached hydrogens (tertiary/aromatic N) is 1. The predicted octanol–water partition coefficient (Wildman–Crippen LogP) is 2.48. The first-order valence-electron chi connectivity index (χ1n) is 8.98. The summed E-state index contributed by atoms with van der Waals surface area (Å²) in [6.45, 7) is 0.244. The minimum atomic E-state index is -0.505. The van der Waals surface area contributed by atoms with E-state index in [9.17, 15) is 14.4 Å². The molecular weight excluding hydrogens is 376 g/mol. The molecule has 1 aliphatic heterocycles. The van der Waals surface area contributed by atoms with E-state index in [0.717, 1.165) is 0 Å². The first kappa shape index (κ1) is 20.2. The largest absolute Gasteiger partial charge is 0.497 e. The molecule has 2 aromatic rings. The highest BCUT2D eigenvalue weighted by Crippen LogP contribution is 2.36. The number of amides is 2. The van der Waals surface area contributed by atoms with E-state index >= 15 is 0 Å². The van der Waals surface area contributed by atoms with Gasteiger partial charge in [-0.1, -0.05) is 0 Å². The van der Waals surface area contributed by atoms with Gasteiger partial charge < -0.3 is 24.4 Å². The Balaban J connectivity index is 1.70. The van der Waals surface area contributed by atoms with Crippen molar-refractivity contribution in [3.05, 3.63) is 48.0 Å². The van der Waals surface area contributed by atoms with Crippen molar-refractivity contribution in [3.8, 4) is 11.5 Å². The van der Waals surface area contributed by atoms with Crippen molar-refractivity contribution < 1.29 is 28.6 Å². The van der Waals surface area contributed by atoms with E-state index in [4.69, 9.17) is 9.47 Å². The van der Waals surface area contributed by atoms with Crippen LogP contribution in [-0.4, -0.2) is 45.7 Å². The molecule has 152 valence electrons. The molecule has 29 heavy (non-hydrogen) atoms. The van der Waals surface area contributed by atoms with Crippen LogP contribution in [0.5, 0.6) is 11.5 Å². The molecule has 2 amide bonds. The van der Waals surface area contributed by atoms with Crippen molar-refractivity contribution in [1.82, 2.24) is 0 Å². The van der Waals surface area contributed by atoms with E-state index in [2.05, 4.69) is 10.1 Å². The van der Waals surface area contributed by atoms with Crippen molar-refractivity contribution in [1.29, 1.82) is 0 Å².